The molecule has 6 nitrogen and oxygen atoms in total. The van der Waals surface area contributed by atoms with Crippen LogP contribution in [0, 0.1) is 21.7 Å². The van der Waals surface area contributed by atoms with Crippen molar-refractivity contribution in [2.24, 2.45) is 5.73 Å². The standard InChI is InChI=1S/C12H15F2N3O3/c1-3-4-12(2,15)11(18)16-9-6-10(17(19)20)8(14)5-7(9)13/h5-6H,3-4,15H2,1-2H3,(H,16,18). The number of rotatable bonds is 5. The number of nitrogens with one attached hydrogen (secondary N) is 1. The van der Waals surface area contributed by atoms with Crippen molar-refractivity contribution in [3.63, 3.8) is 0 Å². The first-order valence-corrected chi connectivity index (χ1v) is 5.92. The summed E-state index contributed by atoms with van der Waals surface area (Å²) in [6.07, 6.45) is 0.982. The molecule has 1 aromatic carbocycles. The zero-order valence-electron chi connectivity index (χ0n) is 11.1. The van der Waals surface area contributed by atoms with Gasteiger partial charge in [-0.15, -0.1) is 0 Å². The van der Waals surface area contributed by atoms with Crippen LogP contribution in [0.3, 0.4) is 0 Å². The Morgan fingerprint density at radius 3 is 2.55 bits per heavy atom. The summed E-state index contributed by atoms with van der Waals surface area (Å²) in [5, 5.41) is 12.7. The first-order chi connectivity index (χ1) is 9.19. The van der Waals surface area contributed by atoms with E-state index in [1.807, 2.05) is 6.92 Å². The minimum Gasteiger partial charge on any atom is -0.322 e. The number of carbonyl (C=O) groups is 1. The lowest BCUT2D eigenvalue weighted by molar-refractivity contribution is -0.387. The molecule has 0 saturated heterocycles. The Labute approximate surface area is 114 Å². The van der Waals surface area contributed by atoms with Crippen molar-refractivity contribution in [3.05, 3.63) is 33.9 Å². The van der Waals surface area contributed by atoms with Crippen molar-refractivity contribution in [1.29, 1.82) is 0 Å². The molecule has 3 N–H and O–H groups in total. The fourth-order valence-corrected chi connectivity index (χ4v) is 1.67. The van der Waals surface area contributed by atoms with Crippen LogP contribution >= 0.6 is 0 Å². The molecule has 0 aliphatic heterocycles. The molecule has 0 radical (unpaired) electrons. The second-order valence-corrected chi connectivity index (χ2v) is 4.66. The Bertz CT molecular complexity index is 547. The molecule has 0 heterocycles. The SMILES string of the molecule is CCCC(C)(N)C(=O)Nc1cc([N+](=O)[O-])c(F)cc1F. The van der Waals surface area contributed by atoms with Crippen molar-refractivity contribution < 1.29 is 18.5 Å². The minimum absolute atomic E-state index is 0.349. The Kier molecular flexibility index (Phi) is 4.72. The maximum Gasteiger partial charge on any atom is 0.307 e. The third-order valence-electron chi connectivity index (χ3n) is 2.77. The molecule has 0 spiro atoms. The number of nitrogens with two attached hydrogens (primary N) is 1. The molecule has 0 fully saturated rings. The van der Waals surface area contributed by atoms with Crippen molar-refractivity contribution >= 4 is 17.3 Å². The van der Waals surface area contributed by atoms with Crippen LogP contribution in [-0.2, 0) is 4.79 Å². The van der Waals surface area contributed by atoms with Gasteiger partial charge in [0.15, 0.2) is 0 Å². The fourth-order valence-electron chi connectivity index (χ4n) is 1.67. The zero-order chi connectivity index (χ0) is 15.5. The van der Waals surface area contributed by atoms with Gasteiger partial charge in [0.1, 0.15) is 5.82 Å². The third kappa shape index (κ3) is 3.47. The van der Waals surface area contributed by atoms with E-state index in [0.717, 1.165) is 0 Å². The van der Waals surface area contributed by atoms with Crippen LogP contribution in [0.15, 0.2) is 12.1 Å². The third-order valence-corrected chi connectivity index (χ3v) is 2.77. The normalized spacial score (nSPS) is 13.7. The van der Waals surface area contributed by atoms with E-state index in [0.29, 0.717) is 25.0 Å². The molecule has 0 bridgehead atoms. The van der Waals surface area contributed by atoms with Gasteiger partial charge in [-0.1, -0.05) is 13.3 Å². The molecular formula is C12H15F2N3O3. The second-order valence-electron chi connectivity index (χ2n) is 4.66. The topological polar surface area (TPSA) is 98.3 Å². The van der Waals surface area contributed by atoms with Gasteiger partial charge >= 0.3 is 5.69 Å². The summed E-state index contributed by atoms with van der Waals surface area (Å²) in [6, 6.07) is 0.978. The van der Waals surface area contributed by atoms with Crippen molar-refractivity contribution in [1.82, 2.24) is 0 Å². The summed E-state index contributed by atoms with van der Waals surface area (Å²) in [5.41, 5.74) is 3.11. The number of hydrogen-bond acceptors (Lipinski definition) is 4. The van der Waals surface area contributed by atoms with Crippen LogP contribution in [0.2, 0.25) is 0 Å². The van der Waals surface area contributed by atoms with Crippen LogP contribution in [0.25, 0.3) is 0 Å². The number of nitro groups is 1. The lowest BCUT2D eigenvalue weighted by Gasteiger charge is -2.22. The number of carbonyl (C=O) groups excluding carboxylic acids is 1. The highest BCUT2D eigenvalue weighted by Gasteiger charge is 2.29. The van der Waals surface area contributed by atoms with Gasteiger partial charge in [0, 0.05) is 12.1 Å². The monoisotopic (exact) mass is 287 g/mol. The molecule has 1 aromatic rings. The molecule has 0 aromatic heterocycles. The quantitative estimate of drug-likeness (QED) is 0.641. The smallest absolute Gasteiger partial charge is 0.307 e. The molecule has 8 heteroatoms. The average Bonchev–Trinajstić information content (AvgIpc) is 2.31. The predicted molar refractivity (Wildman–Crippen MR) is 69.1 cm³/mol. The Morgan fingerprint density at radius 1 is 1.45 bits per heavy atom. The van der Waals surface area contributed by atoms with E-state index >= 15 is 0 Å². The van der Waals surface area contributed by atoms with E-state index in [1.165, 1.54) is 6.92 Å². The maximum absolute atomic E-state index is 13.5. The van der Waals surface area contributed by atoms with E-state index in [9.17, 15) is 23.7 Å². The first kappa shape index (κ1) is 16.0. The first-order valence-electron chi connectivity index (χ1n) is 5.92. The van der Waals surface area contributed by atoms with Crippen LogP contribution in [0.4, 0.5) is 20.2 Å². The van der Waals surface area contributed by atoms with E-state index in [4.69, 9.17) is 5.73 Å². The average molecular weight is 287 g/mol. The summed E-state index contributed by atoms with van der Waals surface area (Å²) < 4.78 is 26.7. The highest BCUT2D eigenvalue weighted by molar-refractivity contribution is 5.97. The van der Waals surface area contributed by atoms with E-state index in [2.05, 4.69) is 5.32 Å². The zero-order valence-corrected chi connectivity index (χ0v) is 11.1. The highest BCUT2D eigenvalue weighted by Crippen LogP contribution is 2.26. The Morgan fingerprint density at radius 2 is 2.05 bits per heavy atom. The Hall–Kier alpha value is -2.09. The second kappa shape index (κ2) is 5.91. The summed E-state index contributed by atoms with van der Waals surface area (Å²) in [6.45, 7) is 3.28. The number of nitro benzene ring substituents is 1. The van der Waals surface area contributed by atoms with Gasteiger partial charge in [-0.25, -0.2) is 4.39 Å². The molecule has 110 valence electrons. The van der Waals surface area contributed by atoms with Gasteiger partial charge in [0.2, 0.25) is 11.7 Å². The Balaban J connectivity index is 3.07. The molecule has 0 aliphatic rings. The predicted octanol–water partition coefficient (Wildman–Crippen LogP) is 2.33. The van der Waals surface area contributed by atoms with Crippen LogP contribution in [0.5, 0.6) is 0 Å². The number of amides is 1. The van der Waals surface area contributed by atoms with Crippen LogP contribution in [-0.4, -0.2) is 16.4 Å². The summed E-state index contributed by atoms with van der Waals surface area (Å²) >= 11 is 0. The van der Waals surface area contributed by atoms with Gasteiger partial charge < -0.3 is 11.1 Å². The molecule has 1 atom stereocenters. The number of hydrogen-bond donors (Lipinski definition) is 2. The molecule has 1 rings (SSSR count). The van der Waals surface area contributed by atoms with Crippen molar-refractivity contribution in [3.8, 4) is 0 Å². The van der Waals surface area contributed by atoms with Gasteiger partial charge in [0.05, 0.1) is 16.1 Å². The molecule has 0 saturated carbocycles. The summed E-state index contributed by atoms with van der Waals surface area (Å²) in [5.74, 6) is -3.11. The lowest BCUT2D eigenvalue weighted by Crippen LogP contribution is -2.48. The van der Waals surface area contributed by atoms with Gasteiger partial charge in [-0.3, -0.25) is 14.9 Å². The fraction of sp³-hybridized carbons (Fsp3) is 0.417. The number of halogens is 2. The van der Waals surface area contributed by atoms with E-state index in [1.54, 1.807) is 0 Å². The van der Waals surface area contributed by atoms with Gasteiger partial charge in [-0.2, -0.15) is 4.39 Å². The van der Waals surface area contributed by atoms with E-state index < -0.39 is 39.4 Å². The number of nitrogens with zero attached hydrogens (tertiary/aromatic N) is 1. The summed E-state index contributed by atoms with van der Waals surface area (Å²) in [4.78, 5) is 21.5. The van der Waals surface area contributed by atoms with E-state index in [-0.39, 0.29) is 0 Å². The summed E-state index contributed by atoms with van der Waals surface area (Å²) in [7, 11) is 0. The lowest BCUT2D eigenvalue weighted by atomic mass is 9.96. The molecular weight excluding hydrogens is 272 g/mol. The van der Waals surface area contributed by atoms with Crippen LogP contribution in [0.1, 0.15) is 26.7 Å². The van der Waals surface area contributed by atoms with Gasteiger partial charge in [0.25, 0.3) is 0 Å². The molecule has 1 amide bonds. The largest absolute Gasteiger partial charge is 0.322 e. The maximum atomic E-state index is 13.5. The molecule has 20 heavy (non-hydrogen) atoms. The number of benzene rings is 1. The minimum atomic E-state index is -1.31. The highest BCUT2D eigenvalue weighted by atomic mass is 19.1. The van der Waals surface area contributed by atoms with Crippen molar-refractivity contribution in [2.75, 3.05) is 5.32 Å². The number of anilines is 1. The molecule has 1 unspecified atom stereocenters. The van der Waals surface area contributed by atoms with Gasteiger partial charge in [-0.05, 0) is 13.3 Å². The molecule has 0 aliphatic carbocycles. The van der Waals surface area contributed by atoms with Crippen molar-refractivity contribution in [2.45, 2.75) is 32.2 Å². The van der Waals surface area contributed by atoms with Crippen LogP contribution < -0.4 is 11.1 Å².